The number of carbonyl (C=O) groups excluding carboxylic acids is 1. The molecule has 1 saturated heterocycles. The summed E-state index contributed by atoms with van der Waals surface area (Å²) >= 11 is 0. The molecule has 0 bridgehead atoms. The zero-order valence-corrected chi connectivity index (χ0v) is 10.7. The number of H-pyrrole nitrogens is 1. The predicted octanol–water partition coefficient (Wildman–Crippen LogP) is -0.0307. The van der Waals surface area contributed by atoms with Crippen molar-refractivity contribution >= 4 is 5.91 Å². The summed E-state index contributed by atoms with van der Waals surface area (Å²) < 4.78 is 0. The molecule has 19 heavy (non-hydrogen) atoms. The first kappa shape index (κ1) is 12.3. The van der Waals surface area contributed by atoms with E-state index < -0.39 is 0 Å². The number of nitrogens with one attached hydrogen (secondary N) is 1. The lowest BCUT2D eigenvalue weighted by Crippen LogP contribution is -2.32. The lowest BCUT2D eigenvalue weighted by molar-refractivity contribution is 0.0777. The topological polar surface area (TPSA) is 92.1 Å². The van der Waals surface area contributed by atoms with Crippen LogP contribution in [0.1, 0.15) is 29.8 Å². The van der Waals surface area contributed by atoms with E-state index in [9.17, 15) is 9.59 Å². The number of nitrogens with zero attached hydrogens (tertiary/aromatic N) is 2. The quantitative estimate of drug-likeness (QED) is 0.743. The van der Waals surface area contributed by atoms with Crippen molar-refractivity contribution in [3.63, 3.8) is 0 Å². The molecule has 0 spiro atoms. The Balaban J connectivity index is 1.72. The first-order valence-electron chi connectivity index (χ1n) is 6.74. The zero-order chi connectivity index (χ0) is 13.4. The molecule has 102 valence electrons. The molecule has 3 atom stereocenters. The molecule has 1 amide bonds. The molecule has 3 rings (SSSR count). The van der Waals surface area contributed by atoms with Gasteiger partial charge in [-0.15, -0.1) is 0 Å². The number of hydrogen-bond acceptors (Lipinski definition) is 4. The van der Waals surface area contributed by atoms with Crippen molar-refractivity contribution in [2.45, 2.75) is 25.3 Å². The maximum Gasteiger partial charge on any atom is 0.274 e. The van der Waals surface area contributed by atoms with Crippen LogP contribution in [0, 0.1) is 11.8 Å². The van der Waals surface area contributed by atoms with Gasteiger partial charge in [0.2, 0.25) is 0 Å². The number of fused-ring (bicyclic) bond motifs is 1. The van der Waals surface area contributed by atoms with Gasteiger partial charge in [0.05, 0.1) is 0 Å². The minimum absolute atomic E-state index is 0.0979. The second-order valence-corrected chi connectivity index (χ2v) is 5.61. The Morgan fingerprint density at radius 3 is 2.84 bits per heavy atom. The molecular weight excluding hydrogens is 244 g/mol. The third kappa shape index (κ3) is 2.40. The van der Waals surface area contributed by atoms with Gasteiger partial charge in [-0.05, 0) is 37.2 Å². The summed E-state index contributed by atoms with van der Waals surface area (Å²) in [6.07, 6.45) is 3.17. The SMILES string of the molecule is NC1CC[C@@H]2CN(C(=O)c3ccc(=O)[nH]n3)C[C@@H]2C1. The lowest BCUT2D eigenvalue weighted by Gasteiger charge is -2.27. The largest absolute Gasteiger partial charge is 0.337 e. The monoisotopic (exact) mass is 262 g/mol. The Bertz CT molecular complexity index is 521. The van der Waals surface area contributed by atoms with Crippen molar-refractivity contribution in [3.8, 4) is 0 Å². The second kappa shape index (κ2) is 4.77. The van der Waals surface area contributed by atoms with Crippen LogP contribution in [-0.4, -0.2) is 40.1 Å². The van der Waals surface area contributed by atoms with Crippen LogP contribution in [0.2, 0.25) is 0 Å². The van der Waals surface area contributed by atoms with Crippen LogP contribution >= 0.6 is 0 Å². The highest BCUT2D eigenvalue weighted by Gasteiger charge is 2.38. The Morgan fingerprint density at radius 1 is 1.32 bits per heavy atom. The van der Waals surface area contributed by atoms with Gasteiger partial charge in [0.1, 0.15) is 5.69 Å². The minimum atomic E-state index is -0.294. The normalized spacial score (nSPS) is 30.2. The van der Waals surface area contributed by atoms with Gasteiger partial charge in [0.25, 0.3) is 11.5 Å². The summed E-state index contributed by atoms with van der Waals surface area (Å²) in [5.41, 5.74) is 6.00. The summed E-state index contributed by atoms with van der Waals surface area (Å²) in [5.74, 6) is 1.00. The maximum atomic E-state index is 12.3. The van der Waals surface area contributed by atoms with Crippen molar-refractivity contribution in [1.29, 1.82) is 0 Å². The number of nitrogens with two attached hydrogens (primary N) is 1. The Hall–Kier alpha value is -1.69. The molecule has 2 aliphatic rings. The number of amides is 1. The number of aromatic amines is 1. The molecule has 1 aliphatic carbocycles. The number of carbonyl (C=O) groups is 1. The molecule has 0 aromatic carbocycles. The van der Waals surface area contributed by atoms with Crippen molar-refractivity contribution < 1.29 is 4.79 Å². The summed E-state index contributed by atoms with van der Waals surface area (Å²) in [7, 11) is 0. The van der Waals surface area contributed by atoms with Crippen LogP contribution in [0.15, 0.2) is 16.9 Å². The fourth-order valence-electron chi connectivity index (χ4n) is 3.26. The standard InChI is InChI=1S/C13H18N4O2/c14-10-2-1-8-6-17(7-9(8)5-10)13(19)11-3-4-12(18)16-15-11/h3-4,8-10H,1-2,5-7,14H2,(H,16,18)/t8-,9+,10?/m1/s1. The van der Waals surface area contributed by atoms with Gasteiger partial charge >= 0.3 is 0 Å². The van der Waals surface area contributed by atoms with Gasteiger partial charge in [-0.2, -0.15) is 5.10 Å². The summed E-state index contributed by atoms with van der Waals surface area (Å²) in [6.45, 7) is 1.55. The van der Waals surface area contributed by atoms with E-state index in [0.717, 1.165) is 32.4 Å². The van der Waals surface area contributed by atoms with Crippen molar-refractivity contribution in [3.05, 3.63) is 28.2 Å². The number of aromatic nitrogens is 2. The molecule has 1 saturated carbocycles. The molecule has 2 heterocycles. The maximum absolute atomic E-state index is 12.3. The van der Waals surface area contributed by atoms with Crippen LogP contribution < -0.4 is 11.3 Å². The average Bonchev–Trinajstić information content (AvgIpc) is 2.81. The van der Waals surface area contributed by atoms with E-state index in [1.807, 2.05) is 4.90 Å². The molecule has 1 aromatic rings. The molecule has 2 fully saturated rings. The second-order valence-electron chi connectivity index (χ2n) is 5.61. The van der Waals surface area contributed by atoms with Crippen molar-refractivity contribution in [1.82, 2.24) is 15.1 Å². The number of likely N-dealkylation sites (tertiary alicyclic amines) is 1. The van der Waals surface area contributed by atoms with E-state index >= 15 is 0 Å². The van der Waals surface area contributed by atoms with E-state index in [1.165, 1.54) is 12.1 Å². The summed E-state index contributed by atoms with van der Waals surface area (Å²) in [6, 6.07) is 3.09. The summed E-state index contributed by atoms with van der Waals surface area (Å²) in [5, 5.41) is 6.10. The molecule has 6 heteroatoms. The van der Waals surface area contributed by atoms with Crippen molar-refractivity contribution in [2.24, 2.45) is 17.6 Å². The lowest BCUT2D eigenvalue weighted by atomic mass is 9.79. The molecular formula is C13H18N4O2. The van der Waals surface area contributed by atoms with Crippen LogP contribution in [0.25, 0.3) is 0 Å². The van der Waals surface area contributed by atoms with Gasteiger partial charge < -0.3 is 10.6 Å². The first-order chi connectivity index (χ1) is 9.13. The minimum Gasteiger partial charge on any atom is -0.337 e. The van der Waals surface area contributed by atoms with E-state index in [1.54, 1.807) is 0 Å². The highest BCUT2D eigenvalue weighted by molar-refractivity contribution is 5.92. The van der Waals surface area contributed by atoms with E-state index in [-0.39, 0.29) is 17.5 Å². The highest BCUT2D eigenvalue weighted by atomic mass is 16.2. The van der Waals surface area contributed by atoms with Crippen molar-refractivity contribution in [2.75, 3.05) is 13.1 Å². The molecule has 1 aliphatic heterocycles. The third-order valence-corrected chi connectivity index (χ3v) is 4.28. The Kier molecular flexibility index (Phi) is 3.10. The van der Waals surface area contributed by atoms with Gasteiger partial charge in [0.15, 0.2) is 0 Å². The van der Waals surface area contributed by atoms with Crippen LogP contribution in [0.3, 0.4) is 0 Å². The van der Waals surface area contributed by atoms with E-state index in [2.05, 4.69) is 10.2 Å². The third-order valence-electron chi connectivity index (χ3n) is 4.28. The molecule has 0 radical (unpaired) electrons. The van der Waals surface area contributed by atoms with Gasteiger partial charge in [-0.1, -0.05) is 0 Å². The van der Waals surface area contributed by atoms with Gasteiger partial charge in [0, 0.05) is 25.2 Å². The smallest absolute Gasteiger partial charge is 0.274 e. The predicted molar refractivity (Wildman–Crippen MR) is 69.6 cm³/mol. The Labute approximate surface area is 111 Å². The fraction of sp³-hybridized carbons (Fsp3) is 0.615. The number of hydrogen-bond donors (Lipinski definition) is 2. The zero-order valence-electron chi connectivity index (χ0n) is 10.7. The van der Waals surface area contributed by atoms with E-state index in [4.69, 9.17) is 5.73 Å². The van der Waals surface area contributed by atoms with Gasteiger partial charge in [-0.3, -0.25) is 9.59 Å². The van der Waals surface area contributed by atoms with Crippen LogP contribution in [0.5, 0.6) is 0 Å². The average molecular weight is 262 g/mol. The fourth-order valence-corrected chi connectivity index (χ4v) is 3.26. The first-order valence-corrected chi connectivity index (χ1v) is 6.74. The highest BCUT2D eigenvalue weighted by Crippen LogP contribution is 2.35. The molecule has 6 nitrogen and oxygen atoms in total. The number of rotatable bonds is 1. The molecule has 3 N–H and O–H groups in total. The molecule has 1 aromatic heterocycles. The van der Waals surface area contributed by atoms with Crippen LogP contribution in [-0.2, 0) is 0 Å². The van der Waals surface area contributed by atoms with E-state index in [0.29, 0.717) is 17.5 Å². The molecule has 1 unspecified atom stereocenters. The van der Waals surface area contributed by atoms with Crippen LogP contribution in [0.4, 0.5) is 0 Å². The summed E-state index contributed by atoms with van der Waals surface area (Å²) in [4.78, 5) is 25.1. The van der Waals surface area contributed by atoms with Gasteiger partial charge in [-0.25, -0.2) is 5.10 Å². The Morgan fingerprint density at radius 2 is 2.11 bits per heavy atom.